The van der Waals surface area contributed by atoms with Gasteiger partial charge in [0, 0.05) is 18.7 Å². The molecule has 2 aromatic rings. The van der Waals surface area contributed by atoms with Crippen molar-refractivity contribution in [3.63, 3.8) is 0 Å². The fourth-order valence-electron chi connectivity index (χ4n) is 4.02. The minimum Gasteiger partial charge on any atom is -0.391 e. The highest BCUT2D eigenvalue weighted by atomic mass is 16.3. The second-order valence-electron chi connectivity index (χ2n) is 7.10. The Morgan fingerprint density at radius 1 is 0.964 bits per heavy atom. The first-order valence-corrected chi connectivity index (χ1v) is 9.98. The summed E-state index contributed by atoms with van der Waals surface area (Å²) in [5, 5.41) is 10.8. The highest BCUT2D eigenvalue weighted by Gasteiger charge is 2.44. The van der Waals surface area contributed by atoms with Crippen molar-refractivity contribution in [3.8, 4) is 0 Å². The van der Waals surface area contributed by atoms with Crippen LogP contribution in [0.1, 0.15) is 48.7 Å². The number of piperidine rings is 1. The number of likely N-dealkylation sites (N-methyl/N-ethyl adjacent to an activating group) is 1. The normalized spacial score (nSPS) is 22.0. The predicted molar refractivity (Wildman–Crippen MR) is 109 cm³/mol. The molecule has 2 aromatic carbocycles. The summed E-state index contributed by atoms with van der Waals surface area (Å²) in [6.07, 6.45) is 0.226. The van der Waals surface area contributed by atoms with Crippen LogP contribution in [0.4, 0.5) is 0 Å². The van der Waals surface area contributed by atoms with Crippen LogP contribution in [0, 0.1) is 0 Å². The maximum atomic E-state index is 13.5. The van der Waals surface area contributed by atoms with Gasteiger partial charge in [0.2, 0.25) is 5.91 Å². The lowest BCUT2D eigenvalue weighted by atomic mass is 9.87. The van der Waals surface area contributed by atoms with Crippen molar-refractivity contribution >= 4 is 11.8 Å². The second-order valence-corrected chi connectivity index (χ2v) is 7.10. The first-order chi connectivity index (χ1) is 13.6. The summed E-state index contributed by atoms with van der Waals surface area (Å²) in [7, 11) is 0. The van der Waals surface area contributed by atoms with Crippen molar-refractivity contribution in [2.24, 2.45) is 0 Å². The van der Waals surface area contributed by atoms with E-state index in [1.807, 2.05) is 62.4 Å². The van der Waals surface area contributed by atoms with Crippen LogP contribution in [0.3, 0.4) is 0 Å². The molecular weight excluding hydrogens is 352 g/mol. The number of hydrogen-bond acceptors (Lipinski definition) is 3. The third kappa shape index (κ3) is 3.94. The van der Waals surface area contributed by atoms with Gasteiger partial charge in [0.15, 0.2) is 0 Å². The van der Waals surface area contributed by atoms with Gasteiger partial charge >= 0.3 is 0 Å². The van der Waals surface area contributed by atoms with Gasteiger partial charge < -0.3 is 14.9 Å². The van der Waals surface area contributed by atoms with Crippen molar-refractivity contribution in [2.75, 3.05) is 13.1 Å². The van der Waals surface area contributed by atoms with Crippen LogP contribution in [0.2, 0.25) is 0 Å². The molecule has 0 aliphatic carbocycles. The van der Waals surface area contributed by atoms with Crippen molar-refractivity contribution in [3.05, 3.63) is 71.8 Å². The predicted octanol–water partition coefficient (Wildman–Crippen LogP) is 3.26. The number of benzene rings is 2. The third-order valence-electron chi connectivity index (χ3n) is 5.49. The summed E-state index contributed by atoms with van der Waals surface area (Å²) >= 11 is 0. The average Bonchev–Trinajstić information content (AvgIpc) is 2.75. The van der Waals surface area contributed by atoms with Crippen LogP contribution in [-0.4, -0.2) is 52.0 Å². The van der Waals surface area contributed by atoms with Crippen LogP contribution in [0.5, 0.6) is 0 Å². The lowest BCUT2D eigenvalue weighted by Crippen LogP contribution is -2.57. The van der Waals surface area contributed by atoms with E-state index in [2.05, 4.69) is 0 Å². The molecule has 1 aliphatic heterocycles. The molecule has 0 spiro atoms. The molecule has 0 radical (unpaired) electrons. The van der Waals surface area contributed by atoms with E-state index >= 15 is 0 Å². The number of likely N-dealkylation sites (tertiary alicyclic amines) is 1. The Balaban J connectivity index is 2.06. The Hall–Kier alpha value is -2.66. The van der Waals surface area contributed by atoms with E-state index in [0.717, 1.165) is 5.56 Å². The molecule has 28 heavy (non-hydrogen) atoms. The third-order valence-corrected chi connectivity index (χ3v) is 5.49. The van der Waals surface area contributed by atoms with Crippen molar-refractivity contribution in [1.82, 2.24) is 9.80 Å². The van der Waals surface area contributed by atoms with Gasteiger partial charge in [-0.05, 0) is 44.4 Å². The van der Waals surface area contributed by atoms with Gasteiger partial charge in [-0.15, -0.1) is 0 Å². The van der Waals surface area contributed by atoms with Crippen molar-refractivity contribution < 1.29 is 14.7 Å². The fraction of sp³-hybridized carbons (Fsp3) is 0.391. The molecule has 3 rings (SSSR count). The minimum absolute atomic E-state index is 0.0536. The van der Waals surface area contributed by atoms with Crippen LogP contribution in [0.25, 0.3) is 0 Å². The summed E-state index contributed by atoms with van der Waals surface area (Å²) in [5.74, 6) is -0.277. The van der Waals surface area contributed by atoms with Gasteiger partial charge in [-0.2, -0.15) is 0 Å². The minimum atomic E-state index is -0.712. The van der Waals surface area contributed by atoms with E-state index in [4.69, 9.17) is 0 Å². The number of aliphatic hydroxyl groups excluding tert-OH is 1. The zero-order chi connectivity index (χ0) is 20.1. The maximum Gasteiger partial charge on any atom is 0.255 e. The molecular formula is C23H28N2O3. The largest absolute Gasteiger partial charge is 0.391 e. The number of carbonyl (C=O) groups excluding carboxylic acids is 2. The Bertz CT molecular complexity index is 790. The van der Waals surface area contributed by atoms with Crippen LogP contribution < -0.4 is 0 Å². The molecule has 1 N–H and O–H groups in total. The summed E-state index contributed by atoms with van der Waals surface area (Å²) in [6, 6.07) is 17.4. The Kier molecular flexibility index (Phi) is 6.47. The average molecular weight is 380 g/mol. The lowest BCUT2D eigenvalue weighted by Gasteiger charge is -2.45. The fourth-order valence-corrected chi connectivity index (χ4v) is 4.02. The lowest BCUT2D eigenvalue weighted by molar-refractivity contribution is -0.140. The van der Waals surface area contributed by atoms with E-state index < -0.39 is 18.2 Å². The second kappa shape index (κ2) is 9.02. The molecule has 1 heterocycles. The van der Waals surface area contributed by atoms with E-state index in [9.17, 15) is 14.7 Å². The molecule has 148 valence electrons. The molecule has 0 unspecified atom stereocenters. The van der Waals surface area contributed by atoms with Crippen molar-refractivity contribution in [2.45, 2.75) is 44.9 Å². The summed E-state index contributed by atoms with van der Waals surface area (Å²) < 4.78 is 0. The molecule has 1 aliphatic rings. The Labute approximate surface area is 166 Å². The number of amides is 2. The first kappa shape index (κ1) is 20.1. The summed E-state index contributed by atoms with van der Waals surface area (Å²) in [4.78, 5) is 30.1. The monoisotopic (exact) mass is 380 g/mol. The summed E-state index contributed by atoms with van der Waals surface area (Å²) in [5.41, 5.74) is 1.37. The van der Waals surface area contributed by atoms with Gasteiger partial charge in [-0.3, -0.25) is 9.59 Å². The SMILES string of the molecule is CCN(CC)C(=O)[C@@H]1CC[C@H](O)[C@H](c2ccccc2)N1C(=O)c1ccccc1. The molecule has 5 heteroatoms. The van der Waals surface area contributed by atoms with Gasteiger partial charge in [0.1, 0.15) is 6.04 Å². The van der Waals surface area contributed by atoms with Crippen molar-refractivity contribution in [1.29, 1.82) is 0 Å². The Morgan fingerprint density at radius 2 is 1.54 bits per heavy atom. The van der Waals surface area contributed by atoms with Gasteiger partial charge in [0.25, 0.3) is 5.91 Å². The van der Waals surface area contributed by atoms with E-state index in [0.29, 0.717) is 31.5 Å². The van der Waals surface area contributed by atoms with E-state index in [-0.39, 0.29) is 11.8 Å². The van der Waals surface area contributed by atoms with Gasteiger partial charge in [-0.1, -0.05) is 48.5 Å². The summed E-state index contributed by atoms with van der Waals surface area (Å²) in [6.45, 7) is 5.07. The smallest absolute Gasteiger partial charge is 0.255 e. The number of hydrogen-bond donors (Lipinski definition) is 1. The van der Waals surface area contributed by atoms with Crippen LogP contribution in [0.15, 0.2) is 60.7 Å². The van der Waals surface area contributed by atoms with Gasteiger partial charge in [-0.25, -0.2) is 0 Å². The molecule has 0 saturated carbocycles. The molecule has 5 nitrogen and oxygen atoms in total. The number of rotatable bonds is 5. The highest BCUT2D eigenvalue weighted by Crippen LogP contribution is 2.36. The standard InChI is InChI=1S/C23H28N2O3/c1-3-24(4-2)23(28)19-15-16-20(26)21(17-11-7-5-8-12-17)25(19)22(27)18-13-9-6-10-14-18/h5-14,19-21,26H,3-4,15-16H2,1-2H3/t19-,20-,21-/m0/s1. The molecule has 3 atom stereocenters. The molecule has 2 amide bonds. The molecule has 1 saturated heterocycles. The molecule has 0 bridgehead atoms. The van der Waals surface area contributed by atoms with E-state index in [1.54, 1.807) is 21.9 Å². The molecule has 1 fully saturated rings. The zero-order valence-electron chi connectivity index (χ0n) is 16.5. The molecule has 0 aromatic heterocycles. The van der Waals surface area contributed by atoms with Crippen LogP contribution in [-0.2, 0) is 4.79 Å². The maximum absolute atomic E-state index is 13.5. The highest BCUT2D eigenvalue weighted by molar-refractivity contribution is 5.98. The quantitative estimate of drug-likeness (QED) is 0.866. The first-order valence-electron chi connectivity index (χ1n) is 9.98. The van der Waals surface area contributed by atoms with E-state index in [1.165, 1.54) is 0 Å². The van der Waals surface area contributed by atoms with Gasteiger partial charge in [0.05, 0.1) is 12.1 Å². The number of carbonyl (C=O) groups is 2. The van der Waals surface area contributed by atoms with Crippen LogP contribution >= 0.6 is 0 Å². The zero-order valence-corrected chi connectivity index (χ0v) is 16.5. The Morgan fingerprint density at radius 3 is 2.11 bits per heavy atom. The number of nitrogens with zero attached hydrogens (tertiary/aromatic N) is 2. The topological polar surface area (TPSA) is 60.9 Å². The number of aliphatic hydroxyl groups is 1.